The first-order chi connectivity index (χ1) is 9.75. The third-order valence-electron chi connectivity index (χ3n) is 3.16. The minimum atomic E-state index is 0.703. The smallest absolute Gasteiger partial charge is 0.0705 e. The van der Waals surface area contributed by atoms with Crippen molar-refractivity contribution in [1.82, 2.24) is 4.98 Å². The maximum atomic E-state index is 6.09. The van der Waals surface area contributed by atoms with Crippen LogP contribution >= 0.6 is 27.5 Å². The molecule has 0 aliphatic rings. The maximum Gasteiger partial charge on any atom is 0.0705 e. The number of rotatable bonds is 3. The number of halogens is 2. The van der Waals surface area contributed by atoms with Crippen LogP contribution < -0.4 is 5.32 Å². The van der Waals surface area contributed by atoms with E-state index in [1.54, 1.807) is 0 Å². The van der Waals surface area contributed by atoms with Crippen molar-refractivity contribution < 1.29 is 0 Å². The topological polar surface area (TPSA) is 24.9 Å². The average Bonchev–Trinajstić information content (AvgIpc) is 2.49. The van der Waals surface area contributed by atoms with Gasteiger partial charge in [-0.05, 0) is 45.8 Å². The Balaban J connectivity index is 1.89. The Labute approximate surface area is 130 Å². The Morgan fingerprint density at radius 1 is 1.05 bits per heavy atom. The molecule has 2 aromatic carbocycles. The molecule has 0 saturated carbocycles. The highest BCUT2D eigenvalue weighted by atomic mass is 79.9. The summed E-state index contributed by atoms with van der Waals surface area (Å²) in [4.78, 5) is 4.37. The molecule has 0 amide bonds. The third kappa shape index (κ3) is 2.65. The molecule has 0 saturated heterocycles. The molecule has 0 spiro atoms. The molecular weight excluding hydrogens is 336 g/mol. The quantitative estimate of drug-likeness (QED) is 0.699. The second-order valence-corrected chi connectivity index (χ2v) is 5.64. The lowest BCUT2D eigenvalue weighted by atomic mass is 10.1. The summed E-state index contributed by atoms with van der Waals surface area (Å²) in [7, 11) is 0. The van der Waals surface area contributed by atoms with Gasteiger partial charge < -0.3 is 5.32 Å². The Morgan fingerprint density at radius 3 is 2.80 bits per heavy atom. The Bertz CT molecular complexity index is 753. The molecule has 0 bridgehead atoms. The van der Waals surface area contributed by atoms with Crippen molar-refractivity contribution in [3.05, 3.63) is 69.8 Å². The molecule has 3 rings (SSSR count). The molecule has 100 valence electrons. The van der Waals surface area contributed by atoms with Crippen LogP contribution in [0.2, 0.25) is 5.02 Å². The number of hydrogen-bond donors (Lipinski definition) is 1. The predicted octanol–water partition coefficient (Wildman–Crippen LogP) is 5.26. The minimum Gasteiger partial charge on any atom is -0.380 e. The van der Waals surface area contributed by atoms with E-state index in [0.29, 0.717) is 5.02 Å². The van der Waals surface area contributed by atoms with Crippen LogP contribution in [0.1, 0.15) is 5.56 Å². The third-order valence-corrected chi connectivity index (χ3v) is 4.56. The summed E-state index contributed by atoms with van der Waals surface area (Å²) in [6.45, 7) is 0.724. The highest BCUT2D eigenvalue weighted by Gasteiger charge is 2.05. The van der Waals surface area contributed by atoms with Crippen LogP contribution in [-0.4, -0.2) is 4.98 Å². The van der Waals surface area contributed by atoms with E-state index >= 15 is 0 Å². The van der Waals surface area contributed by atoms with Crippen molar-refractivity contribution in [3.8, 4) is 0 Å². The first kappa shape index (κ1) is 13.4. The lowest BCUT2D eigenvalue weighted by Crippen LogP contribution is -2.01. The van der Waals surface area contributed by atoms with Crippen molar-refractivity contribution in [1.29, 1.82) is 0 Å². The second kappa shape index (κ2) is 5.81. The van der Waals surface area contributed by atoms with E-state index < -0.39 is 0 Å². The number of fused-ring (bicyclic) bond motifs is 1. The first-order valence-corrected chi connectivity index (χ1v) is 7.43. The van der Waals surface area contributed by atoms with Gasteiger partial charge in [-0.15, -0.1) is 0 Å². The fraction of sp³-hybridized carbons (Fsp3) is 0.0625. The molecule has 0 aliphatic carbocycles. The first-order valence-electron chi connectivity index (χ1n) is 6.26. The average molecular weight is 348 g/mol. The van der Waals surface area contributed by atoms with E-state index in [9.17, 15) is 0 Å². The zero-order valence-electron chi connectivity index (χ0n) is 10.6. The molecule has 4 heteroatoms. The van der Waals surface area contributed by atoms with Crippen LogP contribution in [0.25, 0.3) is 10.9 Å². The van der Waals surface area contributed by atoms with Crippen molar-refractivity contribution in [2.75, 3.05) is 5.32 Å². The van der Waals surface area contributed by atoms with E-state index in [0.717, 1.165) is 22.2 Å². The summed E-state index contributed by atoms with van der Waals surface area (Å²) < 4.78 is 0.889. The second-order valence-electron chi connectivity index (χ2n) is 4.44. The predicted molar refractivity (Wildman–Crippen MR) is 88.2 cm³/mol. The lowest BCUT2D eigenvalue weighted by molar-refractivity contribution is 1.15. The number of benzene rings is 2. The summed E-state index contributed by atoms with van der Waals surface area (Å²) in [5, 5.41) is 5.27. The summed E-state index contributed by atoms with van der Waals surface area (Å²) in [5.74, 6) is 0. The van der Waals surface area contributed by atoms with E-state index in [-0.39, 0.29) is 0 Å². The zero-order chi connectivity index (χ0) is 13.9. The van der Waals surface area contributed by atoms with Crippen LogP contribution in [0.4, 0.5) is 5.69 Å². The summed E-state index contributed by atoms with van der Waals surface area (Å²) >= 11 is 9.59. The number of hydrogen-bond acceptors (Lipinski definition) is 2. The van der Waals surface area contributed by atoms with E-state index in [4.69, 9.17) is 11.6 Å². The van der Waals surface area contributed by atoms with Gasteiger partial charge in [0.15, 0.2) is 0 Å². The van der Waals surface area contributed by atoms with Crippen LogP contribution in [0.15, 0.2) is 59.2 Å². The van der Waals surface area contributed by atoms with E-state index in [1.807, 2.05) is 48.7 Å². The Hall–Kier alpha value is -1.58. The van der Waals surface area contributed by atoms with Crippen molar-refractivity contribution in [2.45, 2.75) is 6.54 Å². The van der Waals surface area contributed by atoms with Gasteiger partial charge in [0.05, 0.1) is 20.7 Å². The maximum absolute atomic E-state index is 6.09. The van der Waals surface area contributed by atoms with E-state index in [1.165, 1.54) is 10.9 Å². The molecule has 1 heterocycles. The van der Waals surface area contributed by atoms with Gasteiger partial charge in [-0.3, -0.25) is 4.98 Å². The fourth-order valence-electron chi connectivity index (χ4n) is 2.14. The monoisotopic (exact) mass is 346 g/mol. The zero-order valence-corrected chi connectivity index (χ0v) is 12.9. The van der Waals surface area contributed by atoms with Gasteiger partial charge >= 0.3 is 0 Å². The van der Waals surface area contributed by atoms with Gasteiger partial charge in [-0.25, -0.2) is 0 Å². The molecule has 3 aromatic rings. The molecule has 0 fully saturated rings. The Kier molecular flexibility index (Phi) is 3.90. The van der Waals surface area contributed by atoms with Gasteiger partial charge in [-0.2, -0.15) is 0 Å². The molecule has 0 unspecified atom stereocenters. The number of nitrogens with zero attached hydrogens (tertiary/aromatic N) is 1. The highest BCUT2D eigenvalue weighted by Crippen LogP contribution is 2.30. The normalized spacial score (nSPS) is 10.7. The lowest BCUT2D eigenvalue weighted by Gasteiger charge is -2.11. The van der Waals surface area contributed by atoms with Crippen LogP contribution in [0.5, 0.6) is 0 Å². The summed E-state index contributed by atoms with van der Waals surface area (Å²) in [6, 6.07) is 16.0. The Morgan fingerprint density at radius 2 is 1.90 bits per heavy atom. The van der Waals surface area contributed by atoms with Crippen molar-refractivity contribution in [2.24, 2.45) is 0 Å². The summed E-state index contributed by atoms with van der Waals surface area (Å²) in [6.07, 6.45) is 1.84. The van der Waals surface area contributed by atoms with Crippen molar-refractivity contribution >= 4 is 44.1 Å². The molecular formula is C16H12BrClN2. The number of pyridine rings is 1. The molecule has 20 heavy (non-hydrogen) atoms. The number of para-hydroxylation sites is 1. The number of aromatic nitrogens is 1. The fourth-order valence-corrected chi connectivity index (χ4v) is 2.72. The number of anilines is 1. The largest absolute Gasteiger partial charge is 0.380 e. The van der Waals surface area contributed by atoms with Gasteiger partial charge in [0.2, 0.25) is 0 Å². The molecule has 1 aromatic heterocycles. The minimum absolute atomic E-state index is 0.703. The molecule has 2 nitrogen and oxygen atoms in total. The van der Waals surface area contributed by atoms with Gasteiger partial charge in [0.25, 0.3) is 0 Å². The van der Waals surface area contributed by atoms with Gasteiger partial charge in [0.1, 0.15) is 0 Å². The van der Waals surface area contributed by atoms with Crippen LogP contribution in [0.3, 0.4) is 0 Å². The van der Waals surface area contributed by atoms with Crippen molar-refractivity contribution in [3.63, 3.8) is 0 Å². The van der Waals surface area contributed by atoms with Crippen LogP contribution in [0, 0.1) is 0 Å². The SMILES string of the molecule is Clc1cccc(NCc2ccnc3ccccc23)c1Br. The highest BCUT2D eigenvalue weighted by molar-refractivity contribution is 9.10. The number of nitrogens with one attached hydrogen (secondary N) is 1. The van der Waals surface area contributed by atoms with Gasteiger partial charge in [0, 0.05) is 18.1 Å². The molecule has 0 radical (unpaired) electrons. The standard InChI is InChI=1S/C16H12BrClN2/c17-16-13(18)5-3-7-15(16)20-10-11-8-9-19-14-6-2-1-4-12(11)14/h1-9,20H,10H2. The van der Waals surface area contributed by atoms with Gasteiger partial charge in [-0.1, -0.05) is 35.9 Å². The molecule has 0 atom stereocenters. The summed E-state index contributed by atoms with van der Waals surface area (Å²) in [5.41, 5.74) is 3.21. The van der Waals surface area contributed by atoms with Crippen LogP contribution in [-0.2, 0) is 6.54 Å². The molecule has 1 N–H and O–H groups in total. The van der Waals surface area contributed by atoms with E-state index in [2.05, 4.69) is 32.3 Å². The molecule has 0 aliphatic heterocycles.